The van der Waals surface area contributed by atoms with Crippen molar-refractivity contribution in [1.82, 2.24) is 14.8 Å². The van der Waals surface area contributed by atoms with Crippen molar-refractivity contribution in [3.63, 3.8) is 0 Å². The fraction of sp³-hybridized carbons (Fsp3) is 0.667. The van der Waals surface area contributed by atoms with Gasteiger partial charge in [-0.2, -0.15) is 0 Å². The number of H-pyrrole nitrogens is 1. The first-order valence-corrected chi connectivity index (χ1v) is 5.41. The maximum atomic E-state index is 12.0. The van der Waals surface area contributed by atoms with Crippen LogP contribution in [0.5, 0.6) is 0 Å². The number of halogens is 3. The van der Waals surface area contributed by atoms with Crippen molar-refractivity contribution in [2.24, 2.45) is 0 Å². The van der Waals surface area contributed by atoms with Crippen LogP contribution in [0.1, 0.15) is 13.3 Å². The van der Waals surface area contributed by atoms with Gasteiger partial charge in [-0.1, -0.05) is 6.92 Å². The molecule has 0 bridgehead atoms. The molecule has 1 aromatic rings. The minimum atomic E-state index is -4.85. The molecule has 9 heteroatoms. The number of nitrogens with zero attached hydrogens (tertiary/aromatic N) is 2. The third kappa shape index (κ3) is 3.65. The topological polar surface area (TPSA) is 50.7 Å². The maximum Gasteiger partial charge on any atom is 0.488 e. The van der Waals surface area contributed by atoms with Crippen LogP contribution in [0.3, 0.4) is 0 Å². The predicted octanol–water partition coefficient (Wildman–Crippen LogP) is 1.46. The van der Waals surface area contributed by atoms with Crippen LogP contribution in [0.25, 0.3) is 0 Å². The SMILES string of the molecule is CCCn1c(SC[B-](F)(F)F)n[nH]c1=O. The molecule has 0 aliphatic carbocycles. The van der Waals surface area contributed by atoms with E-state index in [1.54, 1.807) is 0 Å². The zero-order chi connectivity index (χ0) is 11.5. The molecule has 4 nitrogen and oxygen atoms in total. The Bertz CT molecular complexity index is 374. The van der Waals surface area contributed by atoms with E-state index >= 15 is 0 Å². The zero-order valence-electron chi connectivity index (χ0n) is 8.04. The lowest BCUT2D eigenvalue weighted by molar-refractivity contribution is 0.485. The van der Waals surface area contributed by atoms with Crippen molar-refractivity contribution in [2.45, 2.75) is 25.0 Å². The average molecular weight is 240 g/mol. The van der Waals surface area contributed by atoms with E-state index in [1.807, 2.05) is 6.92 Å². The zero-order valence-corrected chi connectivity index (χ0v) is 8.86. The average Bonchev–Trinajstić information content (AvgIpc) is 2.45. The third-order valence-electron chi connectivity index (χ3n) is 1.57. The predicted molar refractivity (Wildman–Crippen MR) is 52.9 cm³/mol. The molecule has 1 N–H and O–H groups in total. The minimum absolute atomic E-state index is 0.0982. The number of aromatic amines is 1. The summed E-state index contributed by atoms with van der Waals surface area (Å²) in [5.74, 6) is 0. The molecule has 86 valence electrons. The highest BCUT2D eigenvalue weighted by molar-refractivity contribution is 8.00. The number of hydrogen-bond acceptors (Lipinski definition) is 3. The molecule has 0 spiro atoms. The molecule has 0 aliphatic heterocycles. The number of aromatic nitrogens is 3. The molecule has 0 fully saturated rings. The molecule has 0 aliphatic rings. The van der Waals surface area contributed by atoms with Gasteiger partial charge in [-0.3, -0.25) is 4.57 Å². The second-order valence-corrected chi connectivity index (χ2v) is 3.97. The van der Waals surface area contributed by atoms with E-state index in [4.69, 9.17) is 0 Å². The van der Waals surface area contributed by atoms with Gasteiger partial charge < -0.3 is 12.9 Å². The lowest BCUT2D eigenvalue weighted by Crippen LogP contribution is -2.21. The summed E-state index contributed by atoms with van der Waals surface area (Å²) in [6, 6.07) is 0. The van der Waals surface area contributed by atoms with E-state index in [1.165, 1.54) is 4.57 Å². The number of hydrogen-bond donors (Lipinski definition) is 1. The molecular weight excluding hydrogens is 230 g/mol. The van der Waals surface area contributed by atoms with Crippen molar-refractivity contribution >= 4 is 18.7 Å². The van der Waals surface area contributed by atoms with E-state index in [0.717, 1.165) is 0 Å². The Morgan fingerprint density at radius 2 is 2.20 bits per heavy atom. The second kappa shape index (κ2) is 4.78. The second-order valence-electron chi connectivity index (χ2n) is 2.98. The van der Waals surface area contributed by atoms with Crippen LogP contribution in [0.15, 0.2) is 9.95 Å². The first-order chi connectivity index (χ1) is 6.94. The Kier molecular flexibility index (Phi) is 3.89. The molecule has 1 heterocycles. The monoisotopic (exact) mass is 240 g/mol. The van der Waals surface area contributed by atoms with E-state index in [0.29, 0.717) is 24.7 Å². The molecule has 0 aromatic carbocycles. The highest BCUT2D eigenvalue weighted by atomic mass is 32.2. The summed E-state index contributed by atoms with van der Waals surface area (Å²) >= 11 is 0.538. The summed E-state index contributed by atoms with van der Waals surface area (Å²) < 4.78 is 37.2. The van der Waals surface area contributed by atoms with Gasteiger partial charge in [0, 0.05) is 6.54 Å². The van der Waals surface area contributed by atoms with Gasteiger partial charge in [0.05, 0.1) is 0 Å². The van der Waals surface area contributed by atoms with Crippen molar-refractivity contribution in [1.29, 1.82) is 0 Å². The molecule has 0 amide bonds. The molecular formula is C6H10BF3N3OS-. The molecule has 0 saturated carbocycles. The summed E-state index contributed by atoms with van der Waals surface area (Å²) in [7, 11) is 0. The number of thioether (sulfide) groups is 1. The van der Waals surface area contributed by atoms with Crippen LogP contribution in [0.2, 0.25) is 0 Å². The minimum Gasteiger partial charge on any atom is -0.448 e. The molecule has 1 aromatic heterocycles. The third-order valence-corrected chi connectivity index (χ3v) is 2.69. The first-order valence-electron chi connectivity index (χ1n) is 4.43. The van der Waals surface area contributed by atoms with Crippen molar-refractivity contribution in [2.75, 3.05) is 5.65 Å². The van der Waals surface area contributed by atoms with Gasteiger partial charge >= 0.3 is 12.7 Å². The largest absolute Gasteiger partial charge is 0.488 e. The number of rotatable bonds is 5. The van der Waals surface area contributed by atoms with Crippen molar-refractivity contribution in [3.8, 4) is 0 Å². The quantitative estimate of drug-likeness (QED) is 0.626. The lowest BCUT2D eigenvalue weighted by Gasteiger charge is -2.12. The van der Waals surface area contributed by atoms with Crippen LogP contribution in [-0.2, 0) is 6.54 Å². The lowest BCUT2D eigenvalue weighted by atomic mass is 9.98. The standard InChI is InChI=1S/C6H10BF3N3OS/c1-2-3-13-5(14)11-12-6(13)15-4-7(8,9)10/h2-4H2,1H3,(H,11,14)/q-1. The summed E-state index contributed by atoms with van der Waals surface area (Å²) in [6.45, 7) is -2.64. The normalized spacial score (nSPS) is 12.0. The van der Waals surface area contributed by atoms with Crippen molar-refractivity contribution in [3.05, 3.63) is 10.5 Å². The van der Waals surface area contributed by atoms with Gasteiger partial charge in [0.15, 0.2) is 5.16 Å². The van der Waals surface area contributed by atoms with Crippen LogP contribution in [-0.4, -0.2) is 27.4 Å². The van der Waals surface area contributed by atoms with Gasteiger partial charge in [-0.15, -0.1) is 16.9 Å². The van der Waals surface area contributed by atoms with E-state index in [-0.39, 0.29) is 5.16 Å². The smallest absolute Gasteiger partial charge is 0.448 e. The van der Waals surface area contributed by atoms with Crippen molar-refractivity contribution < 1.29 is 12.9 Å². The van der Waals surface area contributed by atoms with E-state index < -0.39 is 18.3 Å². The molecule has 15 heavy (non-hydrogen) atoms. The van der Waals surface area contributed by atoms with Gasteiger partial charge in [0.2, 0.25) is 0 Å². The van der Waals surface area contributed by atoms with Gasteiger partial charge in [0.25, 0.3) is 0 Å². The molecule has 0 saturated heterocycles. The van der Waals surface area contributed by atoms with E-state index in [9.17, 15) is 17.7 Å². The van der Waals surface area contributed by atoms with Crippen LogP contribution >= 0.6 is 11.8 Å². The fourth-order valence-corrected chi connectivity index (χ4v) is 1.78. The Hall–Kier alpha value is -0.855. The molecule has 0 unspecified atom stereocenters. The van der Waals surface area contributed by atoms with Crippen LogP contribution in [0.4, 0.5) is 12.9 Å². The Morgan fingerprint density at radius 1 is 1.53 bits per heavy atom. The van der Waals surface area contributed by atoms with E-state index in [2.05, 4.69) is 10.2 Å². The van der Waals surface area contributed by atoms with Crippen LogP contribution in [0, 0.1) is 0 Å². The van der Waals surface area contributed by atoms with Gasteiger partial charge in [-0.05, 0) is 12.1 Å². The fourth-order valence-electron chi connectivity index (χ4n) is 1.00. The highest BCUT2D eigenvalue weighted by Crippen LogP contribution is 2.21. The van der Waals surface area contributed by atoms with Gasteiger partial charge in [-0.25, -0.2) is 9.89 Å². The number of nitrogens with one attached hydrogen (secondary N) is 1. The molecule has 0 radical (unpaired) electrons. The summed E-state index contributed by atoms with van der Waals surface area (Å²) in [5, 5.41) is 5.77. The highest BCUT2D eigenvalue weighted by Gasteiger charge is 2.24. The van der Waals surface area contributed by atoms with Gasteiger partial charge in [0.1, 0.15) is 0 Å². The summed E-state index contributed by atoms with van der Waals surface area (Å²) in [4.78, 5) is 11.1. The molecule has 0 atom stereocenters. The Balaban J connectivity index is 2.73. The molecule has 1 rings (SSSR count). The van der Waals surface area contributed by atoms with Crippen LogP contribution < -0.4 is 5.69 Å². The Labute approximate surface area is 88.3 Å². The summed E-state index contributed by atoms with van der Waals surface area (Å²) in [5.41, 5.74) is -1.44. The Morgan fingerprint density at radius 3 is 2.73 bits per heavy atom. The maximum absolute atomic E-state index is 12.0. The first kappa shape index (κ1) is 12.2. The summed E-state index contributed by atoms with van der Waals surface area (Å²) in [6.07, 6.45) is 0.671.